The molecule has 0 aliphatic carbocycles. The number of rotatable bonds is 8. The van der Waals surface area contributed by atoms with Crippen LogP contribution in [0.3, 0.4) is 0 Å². The first-order valence-corrected chi connectivity index (χ1v) is 6.36. The minimum atomic E-state index is -0.161. The molecule has 1 aromatic carbocycles. The van der Waals surface area contributed by atoms with Gasteiger partial charge in [0.05, 0.1) is 13.2 Å². The summed E-state index contributed by atoms with van der Waals surface area (Å²) in [4.78, 5) is 2.04. The quantitative estimate of drug-likeness (QED) is 0.618. The zero-order valence-corrected chi connectivity index (χ0v) is 11.0. The number of aliphatic hydroxyl groups is 2. The van der Waals surface area contributed by atoms with Crippen LogP contribution in [-0.2, 0) is 5.41 Å². The maximum atomic E-state index is 9.05. The van der Waals surface area contributed by atoms with Gasteiger partial charge < -0.3 is 15.9 Å². The lowest BCUT2D eigenvalue weighted by Gasteiger charge is -2.34. The summed E-state index contributed by atoms with van der Waals surface area (Å²) >= 11 is 0. The Hall–Kier alpha value is -0.940. The third-order valence-corrected chi connectivity index (χ3v) is 3.33. The smallest absolute Gasteiger partial charge is 0.0558 e. The predicted molar refractivity (Wildman–Crippen MR) is 73.5 cm³/mol. The molecule has 0 aromatic heterocycles. The molecule has 1 rings (SSSR count). The fourth-order valence-electron chi connectivity index (χ4n) is 2.16. The second-order valence-corrected chi connectivity index (χ2v) is 4.85. The number of nitrogens with zero attached hydrogens (tertiary/aromatic N) is 1. The Kier molecular flexibility index (Phi) is 6.29. The molecule has 0 heterocycles. The third kappa shape index (κ3) is 4.07. The normalized spacial score (nSPS) is 14.7. The first-order chi connectivity index (χ1) is 8.66. The molecule has 4 N–H and O–H groups in total. The van der Waals surface area contributed by atoms with Crippen LogP contribution in [0.5, 0.6) is 0 Å². The van der Waals surface area contributed by atoms with E-state index in [9.17, 15) is 0 Å². The second-order valence-electron chi connectivity index (χ2n) is 4.85. The van der Waals surface area contributed by atoms with Crippen molar-refractivity contribution < 1.29 is 10.2 Å². The van der Waals surface area contributed by atoms with Crippen molar-refractivity contribution in [3.8, 4) is 0 Å². The van der Waals surface area contributed by atoms with Crippen molar-refractivity contribution in [2.24, 2.45) is 5.73 Å². The minimum absolute atomic E-state index is 0.0927. The van der Waals surface area contributed by atoms with Gasteiger partial charge in [0, 0.05) is 31.6 Å². The molecule has 102 valence electrons. The Bertz CT molecular complexity index is 326. The number of hydrogen-bond acceptors (Lipinski definition) is 4. The molecule has 0 saturated carbocycles. The summed E-state index contributed by atoms with van der Waals surface area (Å²) in [6.07, 6.45) is 0. The number of hydrogen-bond donors (Lipinski definition) is 3. The maximum Gasteiger partial charge on any atom is 0.0558 e. The molecule has 4 nitrogen and oxygen atoms in total. The van der Waals surface area contributed by atoms with E-state index < -0.39 is 0 Å². The number of benzene rings is 1. The molecular formula is C14H24N2O2. The monoisotopic (exact) mass is 252 g/mol. The van der Waals surface area contributed by atoms with Crippen LogP contribution < -0.4 is 5.73 Å². The molecule has 0 bridgehead atoms. The summed E-state index contributed by atoms with van der Waals surface area (Å²) < 4.78 is 0. The highest BCUT2D eigenvalue weighted by atomic mass is 16.3. The Morgan fingerprint density at radius 1 is 1.11 bits per heavy atom. The first kappa shape index (κ1) is 15.1. The van der Waals surface area contributed by atoms with Crippen LogP contribution >= 0.6 is 0 Å². The van der Waals surface area contributed by atoms with Gasteiger partial charge >= 0.3 is 0 Å². The third-order valence-electron chi connectivity index (χ3n) is 3.33. The van der Waals surface area contributed by atoms with E-state index in [0.29, 0.717) is 19.6 Å². The summed E-state index contributed by atoms with van der Waals surface area (Å²) in [5.41, 5.74) is 6.96. The predicted octanol–water partition coefficient (Wildman–Crippen LogP) is 0.190. The average Bonchev–Trinajstić information content (AvgIpc) is 2.40. The lowest BCUT2D eigenvalue weighted by Crippen LogP contribution is -2.45. The molecule has 0 saturated heterocycles. The summed E-state index contributed by atoms with van der Waals surface area (Å²) in [6.45, 7) is 4.68. The Morgan fingerprint density at radius 3 is 2.11 bits per heavy atom. The van der Waals surface area contributed by atoms with E-state index in [2.05, 4.69) is 19.1 Å². The molecule has 0 fully saturated rings. The fourth-order valence-corrected chi connectivity index (χ4v) is 2.16. The SMILES string of the molecule is CC(CN)(CN(CCO)CCO)c1ccccc1. The second kappa shape index (κ2) is 7.48. The molecule has 1 unspecified atom stereocenters. The van der Waals surface area contributed by atoms with Crippen LogP contribution in [0, 0.1) is 0 Å². The van der Waals surface area contributed by atoms with Gasteiger partial charge in [-0.2, -0.15) is 0 Å². The zero-order chi connectivity index (χ0) is 13.4. The topological polar surface area (TPSA) is 69.7 Å². The molecule has 0 aliphatic heterocycles. The molecule has 0 aliphatic rings. The Balaban J connectivity index is 2.80. The van der Waals surface area contributed by atoms with Gasteiger partial charge in [0.15, 0.2) is 0 Å². The van der Waals surface area contributed by atoms with E-state index in [1.165, 1.54) is 5.56 Å². The van der Waals surface area contributed by atoms with E-state index in [1.54, 1.807) is 0 Å². The van der Waals surface area contributed by atoms with Gasteiger partial charge in [-0.1, -0.05) is 37.3 Å². The van der Waals surface area contributed by atoms with E-state index >= 15 is 0 Å². The molecule has 4 heteroatoms. The van der Waals surface area contributed by atoms with Crippen molar-refractivity contribution in [1.29, 1.82) is 0 Å². The van der Waals surface area contributed by atoms with E-state index in [1.807, 2.05) is 23.1 Å². The van der Waals surface area contributed by atoms with Crippen molar-refractivity contribution in [2.75, 3.05) is 39.4 Å². The van der Waals surface area contributed by atoms with E-state index in [-0.39, 0.29) is 18.6 Å². The highest BCUT2D eigenvalue weighted by Gasteiger charge is 2.27. The summed E-state index contributed by atoms with van der Waals surface area (Å²) in [5, 5.41) is 18.1. The average molecular weight is 252 g/mol. The summed E-state index contributed by atoms with van der Waals surface area (Å²) in [6, 6.07) is 10.1. The van der Waals surface area contributed by atoms with Crippen molar-refractivity contribution in [3.63, 3.8) is 0 Å². The van der Waals surface area contributed by atoms with E-state index in [0.717, 1.165) is 6.54 Å². The van der Waals surface area contributed by atoms with E-state index in [4.69, 9.17) is 15.9 Å². The number of aliphatic hydroxyl groups excluding tert-OH is 2. The minimum Gasteiger partial charge on any atom is -0.395 e. The van der Waals surface area contributed by atoms with Crippen molar-refractivity contribution in [2.45, 2.75) is 12.3 Å². The van der Waals surface area contributed by atoms with Gasteiger partial charge in [-0.3, -0.25) is 4.90 Å². The summed E-state index contributed by atoms with van der Waals surface area (Å²) in [7, 11) is 0. The van der Waals surface area contributed by atoms with Crippen LogP contribution in [0.4, 0.5) is 0 Å². The molecule has 0 spiro atoms. The standard InChI is InChI=1S/C14H24N2O2/c1-14(11-15,13-5-3-2-4-6-13)12-16(7-9-17)8-10-18/h2-6,17-18H,7-12,15H2,1H3. The molecule has 0 radical (unpaired) electrons. The molecule has 1 aromatic rings. The Labute approximate surface area is 109 Å². The van der Waals surface area contributed by atoms with Crippen molar-refractivity contribution >= 4 is 0 Å². The van der Waals surface area contributed by atoms with Crippen molar-refractivity contribution in [3.05, 3.63) is 35.9 Å². The highest BCUT2D eigenvalue weighted by Crippen LogP contribution is 2.23. The summed E-state index contributed by atoms with van der Waals surface area (Å²) in [5.74, 6) is 0. The van der Waals surface area contributed by atoms with Crippen LogP contribution in [-0.4, -0.2) is 54.5 Å². The van der Waals surface area contributed by atoms with Gasteiger partial charge in [0.1, 0.15) is 0 Å². The van der Waals surface area contributed by atoms with Gasteiger partial charge in [-0.05, 0) is 5.56 Å². The molecule has 1 atom stereocenters. The zero-order valence-electron chi connectivity index (χ0n) is 11.0. The maximum absolute atomic E-state index is 9.05. The van der Waals surface area contributed by atoms with Crippen LogP contribution in [0.25, 0.3) is 0 Å². The molecular weight excluding hydrogens is 228 g/mol. The van der Waals surface area contributed by atoms with Gasteiger partial charge in [-0.15, -0.1) is 0 Å². The van der Waals surface area contributed by atoms with Gasteiger partial charge in [-0.25, -0.2) is 0 Å². The number of nitrogens with two attached hydrogens (primary N) is 1. The van der Waals surface area contributed by atoms with Crippen molar-refractivity contribution in [1.82, 2.24) is 4.90 Å². The van der Waals surface area contributed by atoms with Crippen LogP contribution in [0.2, 0.25) is 0 Å². The Morgan fingerprint density at radius 2 is 1.67 bits per heavy atom. The van der Waals surface area contributed by atoms with Crippen LogP contribution in [0.15, 0.2) is 30.3 Å². The molecule has 0 amide bonds. The lowest BCUT2D eigenvalue weighted by atomic mass is 9.82. The van der Waals surface area contributed by atoms with Gasteiger partial charge in [0.2, 0.25) is 0 Å². The van der Waals surface area contributed by atoms with Gasteiger partial charge in [0.25, 0.3) is 0 Å². The fraction of sp³-hybridized carbons (Fsp3) is 0.571. The first-order valence-electron chi connectivity index (χ1n) is 6.36. The largest absolute Gasteiger partial charge is 0.395 e. The molecule has 18 heavy (non-hydrogen) atoms. The highest BCUT2D eigenvalue weighted by molar-refractivity contribution is 5.25. The lowest BCUT2D eigenvalue weighted by molar-refractivity contribution is 0.139. The van der Waals surface area contributed by atoms with Crippen LogP contribution in [0.1, 0.15) is 12.5 Å².